The van der Waals surface area contributed by atoms with Crippen molar-refractivity contribution >= 4 is 10.9 Å². The predicted molar refractivity (Wildman–Crippen MR) is 72.1 cm³/mol. The van der Waals surface area contributed by atoms with E-state index < -0.39 is 10.9 Å². The monoisotopic (exact) mass is 265 g/mol. The van der Waals surface area contributed by atoms with Gasteiger partial charge in [-0.15, -0.1) is 4.18 Å². The molecular formula is C13H19N3OS+2. The second-order valence-electron chi connectivity index (χ2n) is 4.19. The maximum absolute atomic E-state index is 5.80. The highest BCUT2D eigenvalue weighted by atomic mass is 32.2. The molecule has 0 fully saturated rings. The van der Waals surface area contributed by atoms with Crippen molar-refractivity contribution in [2.45, 2.75) is 26.2 Å². The van der Waals surface area contributed by atoms with Gasteiger partial charge in [0.05, 0.1) is 0 Å². The smallest absolute Gasteiger partial charge is 0.207 e. The van der Waals surface area contributed by atoms with Gasteiger partial charge in [-0.05, 0) is 12.5 Å². The molecule has 2 aromatic rings. The van der Waals surface area contributed by atoms with Crippen molar-refractivity contribution < 1.29 is 8.75 Å². The van der Waals surface area contributed by atoms with Crippen LogP contribution in [0.1, 0.15) is 26.2 Å². The quantitative estimate of drug-likeness (QED) is 0.457. The minimum Gasteiger partial charge on any atom is -0.207 e. The van der Waals surface area contributed by atoms with Crippen molar-refractivity contribution in [2.24, 2.45) is 7.05 Å². The average Bonchev–Trinajstić information content (AvgIpc) is 2.83. The Morgan fingerprint density at radius 1 is 1.39 bits per heavy atom. The molecule has 0 aliphatic rings. The third kappa shape index (κ3) is 3.34. The van der Waals surface area contributed by atoms with Crippen molar-refractivity contribution in [1.29, 1.82) is 0 Å². The third-order valence-electron chi connectivity index (χ3n) is 2.61. The number of unbranched alkanes of at least 4 members (excludes halogenated alkanes) is 2. The topological polar surface area (TPSA) is 38.9 Å². The number of hydrogen-bond donors (Lipinski definition) is 0. The Hall–Kier alpha value is -1.33. The third-order valence-corrected chi connectivity index (χ3v) is 3.96. The summed E-state index contributed by atoms with van der Waals surface area (Å²) in [5.74, 6) is 0. The molecular weight excluding hydrogens is 246 g/mol. The van der Waals surface area contributed by atoms with E-state index in [0.29, 0.717) is 0 Å². The number of hydrogen-bond acceptors (Lipinski definition) is 3. The highest BCUT2D eigenvalue weighted by Gasteiger charge is 2.23. The van der Waals surface area contributed by atoms with Crippen molar-refractivity contribution in [1.82, 2.24) is 9.36 Å². The molecule has 0 amide bonds. The SMILES string of the molecule is CCCCCO[s+]1ncnc1-c1ccc[n+](C)c1. The summed E-state index contributed by atoms with van der Waals surface area (Å²) in [4.78, 5) is 4.33. The van der Waals surface area contributed by atoms with Crippen molar-refractivity contribution in [3.63, 3.8) is 0 Å². The van der Waals surface area contributed by atoms with E-state index in [2.05, 4.69) is 16.3 Å². The minimum atomic E-state index is -0.522. The number of rotatable bonds is 6. The standard InChI is InChI=1S/C13H19N3OS/c1-3-4-5-9-17-18-13(14-11-15-18)12-7-6-8-16(2)10-12/h6-8,10-11H,3-5,9H2,1-2H3/q+2. The van der Waals surface area contributed by atoms with Crippen LogP contribution in [0.2, 0.25) is 0 Å². The fraction of sp³-hybridized carbons (Fsp3) is 0.462. The van der Waals surface area contributed by atoms with E-state index in [-0.39, 0.29) is 0 Å². The molecule has 0 aliphatic carbocycles. The van der Waals surface area contributed by atoms with Gasteiger partial charge >= 0.3 is 5.01 Å². The molecule has 0 saturated carbocycles. The maximum atomic E-state index is 5.80. The van der Waals surface area contributed by atoms with Crippen LogP contribution >= 0.6 is 10.9 Å². The van der Waals surface area contributed by atoms with E-state index in [1.165, 1.54) is 12.8 Å². The molecule has 2 heterocycles. The van der Waals surface area contributed by atoms with Crippen molar-refractivity contribution in [2.75, 3.05) is 6.61 Å². The first-order valence-corrected chi connectivity index (χ1v) is 7.35. The summed E-state index contributed by atoms with van der Waals surface area (Å²) in [6.45, 7) is 2.94. The normalized spacial score (nSPS) is 11.8. The molecule has 0 spiro atoms. The Labute approximate surface area is 111 Å². The van der Waals surface area contributed by atoms with E-state index in [0.717, 1.165) is 23.6 Å². The molecule has 0 radical (unpaired) electrons. The first kappa shape index (κ1) is 13.1. The first-order valence-electron chi connectivity index (χ1n) is 6.25. The molecule has 0 aliphatic heterocycles. The molecule has 4 nitrogen and oxygen atoms in total. The zero-order chi connectivity index (χ0) is 12.8. The molecule has 5 heteroatoms. The van der Waals surface area contributed by atoms with Crippen LogP contribution in [0, 0.1) is 0 Å². The molecule has 1 atom stereocenters. The second-order valence-corrected chi connectivity index (χ2v) is 5.52. The molecule has 0 bridgehead atoms. The summed E-state index contributed by atoms with van der Waals surface area (Å²) in [5.41, 5.74) is 1.08. The van der Waals surface area contributed by atoms with Gasteiger partial charge in [0.2, 0.25) is 0 Å². The van der Waals surface area contributed by atoms with Gasteiger partial charge in [-0.3, -0.25) is 0 Å². The van der Waals surface area contributed by atoms with Gasteiger partial charge in [0.1, 0.15) is 19.2 Å². The van der Waals surface area contributed by atoms with Crippen LogP contribution in [0.5, 0.6) is 0 Å². The van der Waals surface area contributed by atoms with Crippen molar-refractivity contribution in [3.8, 4) is 10.6 Å². The highest BCUT2D eigenvalue weighted by molar-refractivity contribution is 7.24. The van der Waals surface area contributed by atoms with E-state index in [9.17, 15) is 0 Å². The lowest BCUT2D eigenvalue weighted by molar-refractivity contribution is -0.671. The molecule has 0 aromatic carbocycles. The lowest BCUT2D eigenvalue weighted by Crippen LogP contribution is -2.26. The largest absolute Gasteiger partial charge is 0.344 e. The molecule has 1 unspecified atom stereocenters. The summed E-state index contributed by atoms with van der Waals surface area (Å²) < 4.78 is 12.1. The summed E-state index contributed by atoms with van der Waals surface area (Å²) in [6, 6.07) is 4.05. The molecule has 18 heavy (non-hydrogen) atoms. The predicted octanol–water partition coefficient (Wildman–Crippen LogP) is 2.34. The molecule has 0 N–H and O–H groups in total. The van der Waals surface area contributed by atoms with Crippen LogP contribution in [0.25, 0.3) is 10.6 Å². The summed E-state index contributed by atoms with van der Waals surface area (Å²) >= 11 is 0. The fourth-order valence-electron chi connectivity index (χ4n) is 1.68. The Morgan fingerprint density at radius 2 is 2.28 bits per heavy atom. The Kier molecular flexibility index (Phi) is 4.78. The van der Waals surface area contributed by atoms with E-state index in [1.54, 1.807) is 6.33 Å². The zero-order valence-corrected chi connectivity index (χ0v) is 11.7. The minimum absolute atomic E-state index is 0.522. The van der Waals surface area contributed by atoms with Gasteiger partial charge in [-0.2, -0.15) is 4.98 Å². The number of pyridine rings is 1. The Balaban J connectivity index is 2.08. The van der Waals surface area contributed by atoms with Gasteiger partial charge in [0.25, 0.3) is 10.9 Å². The second kappa shape index (κ2) is 6.56. The van der Waals surface area contributed by atoms with E-state index in [1.807, 2.05) is 36.1 Å². The summed E-state index contributed by atoms with van der Waals surface area (Å²) in [7, 11) is 1.48. The van der Waals surface area contributed by atoms with E-state index >= 15 is 0 Å². The van der Waals surface area contributed by atoms with Gasteiger partial charge in [-0.25, -0.2) is 4.57 Å². The number of nitrogens with zero attached hydrogens (tertiary/aromatic N) is 3. The Morgan fingerprint density at radius 3 is 3.06 bits per heavy atom. The molecule has 2 aromatic heterocycles. The van der Waals surface area contributed by atoms with Gasteiger partial charge in [0.15, 0.2) is 18.7 Å². The maximum Gasteiger partial charge on any atom is 0.344 e. The number of aryl methyl sites for hydroxylation is 1. The van der Waals surface area contributed by atoms with E-state index in [4.69, 9.17) is 4.18 Å². The number of aromatic nitrogens is 3. The van der Waals surface area contributed by atoms with Crippen LogP contribution in [-0.4, -0.2) is 16.0 Å². The van der Waals surface area contributed by atoms with Crippen molar-refractivity contribution in [3.05, 3.63) is 30.9 Å². The van der Waals surface area contributed by atoms with Gasteiger partial charge in [0, 0.05) is 10.4 Å². The molecule has 96 valence electrons. The summed E-state index contributed by atoms with van der Waals surface area (Å²) in [6.07, 6.45) is 9.14. The van der Waals surface area contributed by atoms with Crippen LogP contribution in [-0.2, 0) is 7.05 Å². The lowest BCUT2D eigenvalue weighted by Gasteiger charge is -1.93. The Bertz CT molecular complexity index is 498. The van der Waals surface area contributed by atoms with Crippen LogP contribution < -0.4 is 8.75 Å². The molecule has 2 rings (SSSR count). The fourth-order valence-corrected chi connectivity index (χ4v) is 2.82. The van der Waals surface area contributed by atoms with Gasteiger partial charge < -0.3 is 0 Å². The average molecular weight is 265 g/mol. The van der Waals surface area contributed by atoms with Crippen LogP contribution in [0.4, 0.5) is 0 Å². The molecule has 0 saturated heterocycles. The summed E-state index contributed by atoms with van der Waals surface area (Å²) in [5, 5.41) is 0.933. The first-order chi connectivity index (χ1) is 8.81. The zero-order valence-electron chi connectivity index (χ0n) is 10.9. The highest BCUT2D eigenvalue weighted by Crippen LogP contribution is 2.26. The lowest BCUT2D eigenvalue weighted by atomic mass is 10.3. The van der Waals surface area contributed by atoms with Crippen LogP contribution in [0.3, 0.4) is 0 Å². The van der Waals surface area contributed by atoms with Gasteiger partial charge in [-0.1, -0.05) is 19.8 Å². The van der Waals surface area contributed by atoms with Crippen LogP contribution in [0.15, 0.2) is 30.9 Å².